The van der Waals surface area contributed by atoms with Gasteiger partial charge in [0.2, 0.25) is 0 Å². The minimum Gasteiger partial charge on any atom is -0.478 e. The van der Waals surface area contributed by atoms with Gasteiger partial charge in [-0.05, 0) is 25.7 Å². The molecule has 0 aromatic rings. The summed E-state index contributed by atoms with van der Waals surface area (Å²) in [5, 5.41) is 18.4. The summed E-state index contributed by atoms with van der Waals surface area (Å²) in [6, 6.07) is 0. The Morgan fingerprint density at radius 2 is 2.21 bits per heavy atom. The van der Waals surface area contributed by atoms with Crippen LogP contribution in [0.4, 0.5) is 0 Å². The van der Waals surface area contributed by atoms with Gasteiger partial charge in [0.05, 0.1) is 12.7 Å². The van der Waals surface area contributed by atoms with Gasteiger partial charge in [-0.1, -0.05) is 19.1 Å². The number of aliphatic carboxylic acids is 2. The SMILES string of the molecule is CC1(C=C(CCC2CO2)C(=O)O)CCC=C1C(=O)O. The first-order valence-corrected chi connectivity index (χ1v) is 6.43. The topological polar surface area (TPSA) is 87.1 Å². The molecule has 2 N–H and O–H groups in total. The average molecular weight is 266 g/mol. The molecule has 1 heterocycles. The number of carbonyl (C=O) groups is 2. The van der Waals surface area contributed by atoms with E-state index in [1.54, 1.807) is 19.1 Å². The summed E-state index contributed by atoms with van der Waals surface area (Å²) < 4.78 is 5.07. The van der Waals surface area contributed by atoms with Crippen molar-refractivity contribution in [1.82, 2.24) is 0 Å². The van der Waals surface area contributed by atoms with E-state index in [1.165, 1.54) is 0 Å². The molecule has 0 amide bonds. The highest BCUT2D eigenvalue weighted by Crippen LogP contribution is 2.41. The average Bonchev–Trinajstić information content (AvgIpc) is 3.06. The Morgan fingerprint density at radius 3 is 2.74 bits per heavy atom. The third-order valence-electron chi connectivity index (χ3n) is 3.76. The van der Waals surface area contributed by atoms with Crippen LogP contribution in [-0.2, 0) is 14.3 Å². The van der Waals surface area contributed by atoms with Crippen molar-refractivity contribution in [1.29, 1.82) is 0 Å². The summed E-state index contributed by atoms with van der Waals surface area (Å²) in [5.74, 6) is -1.94. The molecule has 0 saturated carbocycles. The summed E-state index contributed by atoms with van der Waals surface area (Å²) in [6.45, 7) is 2.49. The highest BCUT2D eigenvalue weighted by Gasteiger charge is 2.36. The molecule has 1 aliphatic heterocycles. The fourth-order valence-corrected chi connectivity index (χ4v) is 2.54. The third-order valence-corrected chi connectivity index (χ3v) is 3.76. The molecule has 2 unspecified atom stereocenters. The second-order valence-electron chi connectivity index (χ2n) is 5.35. The van der Waals surface area contributed by atoms with Gasteiger partial charge in [0.25, 0.3) is 0 Å². The van der Waals surface area contributed by atoms with E-state index in [1.807, 2.05) is 0 Å². The zero-order valence-electron chi connectivity index (χ0n) is 10.9. The molecule has 0 bridgehead atoms. The quantitative estimate of drug-likeness (QED) is 0.567. The Kier molecular flexibility index (Phi) is 3.75. The Hall–Kier alpha value is -1.62. The van der Waals surface area contributed by atoms with Crippen LogP contribution < -0.4 is 0 Å². The second kappa shape index (κ2) is 5.17. The Morgan fingerprint density at radius 1 is 1.53 bits per heavy atom. The molecular formula is C14H18O5. The van der Waals surface area contributed by atoms with Crippen molar-refractivity contribution >= 4 is 11.9 Å². The number of rotatable bonds is 6. The van der Waals surface area contributed by atoms with Crippen LogP contribution in [0.5, 0.6) is 0 Å². The third kappa shape index (κ3) is 3.23. The molecule has 0 aromatic carbocycles. The van der Waals surface area contributed by atoms with Gasteiger partial charge in [0.1, 0.15) is 0 Å². The molecule has 5 heteroatoms. The maximum Gasteiger partial charge on any atom is 0.332 e. The number of ether oxygens (including phenoxy) is 1. The molecule has 1 saturated heterocycles. The predicted octanol–water partition coefficient (Wildman–Crippen LogP) is 1.99. The Bertz CT molecular complexity index is 458. The molecule has 2 aliphatic rings. The van der Waals surface area contributed by atoms with E-state index >= 15 is 0 Å². The monoisotopic (exact) mass is 266 g/mol. The number of epoxide rings is 1. The normalized spacial score (nSPS) is 30.1. The lowest BCUT2D eigenvalue weighted by Crippen LogP contribution is -2.20. The molecule has 19 heavy (non-hydrogen) atoms. The van der Waals surface area contributed by atoms with Gasteiger partial charge < -0.3 is 14.9 Å². The van der Waals surface area contributed by atoms with Crippen molar-refractivity contribution in [3.05, 3.63) is 23.3 Å². The van der Waals surface area contributed by atoms with Crippen LogP contribution in [0.1, 0.15) is 32.6 Å². The number of hydrogen-bond acceptors (Lipinski definition) is 3. The first-order chi connectivity index (χ1) is 8.92. The molecule has 2 atom stereocenters. The Labute approximate surface area is 111 Å². The molecule has 104 valence electrons. The maximum atomic E-state index is 11.3. The van der Waals surface area contributed by atoms with Crippen LogP contribution in [0.2, 0.25) is 0 Å². The molecule has 1 aliphatic carbocycles. The summed E-state index contributed by atoms with van der Waals surface area (Å²) >= 11 is 0. The van der Waals surface area contributed by atoms with Crippen LogP contribution in [0.3, 0.4) is 0 Å². The van der Waals surface area contributed by atoms with E-state index in [2.05, 4.69) is 0 Å². The first kappa shape index (κ1) is 13.8. The van der Waals surface area contributed by atoms with Crippen molar-refractivity contribution in [3.63, 3.8) is 0 Å². The lowest BCUT2D eigenvalue weighted by molar-refractivity contribution is -0.134. The molecule has 1 fully saturated rings. The zero-order valence-corrected chi connectivity index (χ0v) is 10.9. The number of allylic oxidation sites excluding steroid dienone is 2. The first-order valence-electron chi connectivity index (χ1n) is 6.43. The van der Waals surface area contributed by atoms with Crippen molar-refractivity contribution in [3.8, 4) is 0 Å². The second-order valence-corrected chi connectivity index (χ2v) is 5.35. The van der Waals surface area contributed by atoms with Gasteiger partial charge in [-0.25, -0.2) is 9.59 Å². The lowest BCUT2D eigenvalue weighted by Gasteiger charge is -2.22. The zero-order chi connectivity index (χ0) is 14.0. The van der Waals surface area contributed by atoms with Crippen LogP contribution in [0, 0.1) is 5.41 Å². The van der Waals surface area contributed by atoms with Gasteiger partial charge in [-0.2, -0.15) is 0 Å². The standard InChI is InChI=1S/C14H18O5/c1-14(6-2-3-11(14)13(17)18)7-9(12(15)16)4-5-10-8-19-10/h3,7,10H,2,4-6,8H2,1H3,(H,15,16)(H,17,18). The van der Waals surface area contributed by atoms with E-state index in [0.717, 1.165) is 0 Å². The highest BCUT2D eigenvalue weighted by atomic mass is 16.6. The summed E-state index contributed by atoms with van der Waals surface area (Å²) in [5.41, 5.74) is -0.0924. The van der Waals surface area contributed by atoms with Gasteiger partial charge in [0.15, 0.2) is 0 Å². The number of carboxylic acids is 2. The van der Waals surface area contributed by atoms with Crippen molar-refractivity contribution in [2.75, 3.05) is 6.61 Å². The minimum absolute atomic E-state index is 0.175. The summed E-state index contributed by atoms with van der Waals surface area (Å²) in [6.07, 6.45) is 5.89. The van der Waals surface area contributed by atoms with E-state index in [4.69, 9.17) is 9.84 Å². The lowest BCUT2D eigenvalue weighted by atomic mass is 9.81. The smallest absolute Gasteiger partial charge is 0.332 e. The van der Waals surface area contributed by atoms with E-state index < -0.39 is 17.4 Å². The van der Waals surface area contributed by atoms with Gasteiger partial charge in [-0.3, -0.25) is 0 Å². The number of carboxylic acid groups (broad SMARTS) is 2. The molecule has 0 radical (unpaired) electrons. The largest absolute Gasteiger partial charge is 0.478 e. The molecule has 0 spiro atoms. The fourth-order valence-electron chi connectivity index (χ4n) is 2.54. The van der Waals surface area contributed by atoms with Crippen LogP contribution in [0.15, 0.2) is 23.3 Å². The van der Waals surface area contributed by atoms with E-state index in [-0.39, 0.29) is 11.7 Å². The van der Waals surface area contributed by atoms with Gasteiger partial charge in [-0.15, -0.1) is 0 Å². The number of hydrogen-bond donors (Lipinski definition) is 2. The molecule has 5 nitrogen and oxygen atoms in total. The van der Waals surface area contributed by atoms with Crippen molar-refractivity contribution in [2.24, 2.45) is 5.41 Å². The molecule has 2 rings (SSSR count). The predicted molar refractivity (Wildman–Crippen MR) is 67.8 cm³/mol. The van der Waals surface area contributed by atoms with Crippen molar-refractivity contribution < 1.29 is 24.5 Å². The minimum atomic E-state index is -0.974. The summed E-state index contributed by atoms with van der Waals surface area (Å²) in [4.78, 5) is 22.4. The molecular weight excluding hydrogens is 248 g/mol. The van der Waals surface area contributed by atoms with E-state index in [9.17, 15) is 14.7 Å². The van der Waals surface area contributed by atoms with Crippen LogP contribution >= 0.6 is 0 Å². The highest BCUT2D eigenvalue weighted by molar-refractivity contribution is 5.91. The van der Waals surface area contributed by atoms with Gasteiger partial charge in [0, 0.05) is 16.6 Å². The van der Waals surface area contributed by atoms with E-state index in [0.29, 0.717) is 37.9 Å². The van der Waals surface area contributed by atoms with Crippen LogP contribution in [-0.4, -0.2) is 34.9 Å². The molecule has 0 aromatic heterocycles. The fraction of sp³-hybridized carbons (Fsp3) is 0.571. The Balaban J connectivity index is 2.16. The van der Waals surface area contributed by atoms with Crippen molar-refractivity contribution in [2.45, 2.75) is 38.7 Å². The summed E-state index contributed by atoms with van der Waals surface area (Å²) in [7, 11) is 0. The van der Waals surface area contributed by atoms with Crippen LogP contribution in [0.25, 0.3) is 0 Å². The van der Waals surface area contributed by atoms with Gasteiger partial charge >= 0.3 is 11.9 Å². The maximum absolute atomic E-state index is 11.3.